The van der Waals surface area contributed by atoms with Crippen LogP contribution in [0.5, 0.6) is 0 Å². The number of fused-ring (bicyclic) bond motifs is 1. The third-order valence-electron chi connectivity index (χ3n) is 4.48. The third-order valence-corrected chi connectivity index (χ3v) is 5.20. The van der Waals surface area contributed by atoms with E-state index in [4.69, 9.17) is 14.1 Å². The van der Waals surface area contributed by atoms with Gasteiger partial charge in [-0.3, -0.25) is 9.35 Å². The van der Waals surface area contributed by atoms with Crippen LogP contribution in [0.15, 0.2) is 27.4 Å². The van der Waals surface area contributed by atoms with E-state index in [2.05, 4.69) is 30.9 Å². The molecule has 2 heterocycles. The molecule has 0 spiro atoms. The van der Waals surface area contributed by atoms with Crippen LogP contribution in [0.2, 0.25) is 0 Å². The summed E-state index contributed by atoms with van der Waals surface area (Å²) in [5, 5.41) is 18.2. The lowest BCUT2D eigenvalue weighted by Crippen LogP contribution is -2.17. The molecule has 14 heteroatoms. The highest BCUT2D eigenvalue weighted by Gasteiger charge is 2.15. The standard InChI is InChI=1S/C19H22N6O7S/c1-3-20-17-23-18(21-6-7-33(29,30)31)25-19(24-17)22-11-4-5-12-10(2)13(9-15(26)27)16(28)32-14(12)8-11/h4-5,8H,3,6-7,9H2,1-2H3,(H,26,27)(H,29,30,31)(H3,20,21,22,23,24,25). The van der Waals surface area contributed by atoms with Crippen molar-refractivity contribution in [3.8, 4) is 0 Å². The number of aliphatic carboxylic acids is 1. The molecule has 13 nitrogen and oxygen atoms in total. The Labute approximate surface area is 188 Å². The smallest absolute Gasteiger partial charge is 0.340 e. The number of carbonyl (C=O) groups is 1. The van der Waals surface area contributed by atoms with Crippen molar-refractivity contribution in [2.75, 3.05) is 34.8 Å². The van der Waals surface area contributed by atoms with Gasteiger partial charge < -0.3 is 25.5 Å². The monoisotopic (exact) mass is 478 g/mol. The lowest BCUT2D eigenvalue weighted by molar-refractivity contribution is -0.136. The van der Waals surface area contributed by atoms with Gasteiger partial charge in [-0.25, -0.2) is 4.79 Å². The van der Waals surface area contributed by atoms with Gasteiger partial charge in [0.1, 0.15) is 5.58 Å². The second-order valence-corrected chi connectivity index (χ2v) is 8.52. The van der Waals surface area contributed by atoms with Crippen LogP contribution in [-0.4, -0.2) is 57.8 Å². The second-order valence-electron chi connectivity index (χ2n) is 6.95. The van der Waals surface area contributed by atoms with Crippen molar-refractivity contribution >= 4 is 50.6 Å². The summed E-state index contributed by atoms with van der Waals surface area (Å²) in [5.74, 6) is -1.23. The van der Waals surface area contributed by atoms with E-state index < -0.39 is 33.9 Å². The molecule has 3 rings (SSSR count). The highest BCUT2D eigenvalue weighted by Crippen LogP contribution is 2.25. The molecule has 176 valence electrons. The van der Waals surface area contributed by atoms with E-state index in [1.807, 2.05) is 6.92 Å². The molecule has 0 saturated carbocycles. The minimum Gasteiger partial charge on any atom is -0.481 e. The lowest BCUT2D eigenvalue weighted by Gasteiger charge is -2.11. The van der Waals surface area contributed by atoms with Crippen LogP contribution in [0, 0.1) is 6.92 Å². The van der Waals surface area contributed by atoms with Crippen molar-refractivity contribution in [3.05, 3.63) is 39.7 Å². The highest BCUT2D eigenvalue weighted by atomic mass is 32.2. The van der Waals surface area contributed by atoms with Gasteiger partial charge in [-0.05, 0) is 31.5 Å². The number of aryl methyl sites for hydroxylation is 1. The van der Waals surface area contributed by atoms with Gasteiger partial charge in [-0.1, -0.05) is 0 Å². The van der Waals surface area contributed by atoms with Crippen molar-refractivity contribution in [2.24, 2.45) is 0 Å². The summed E-state index contributed by atoms with van der Waals surface area (Å²) < 4.78 is 36.0. The molecule has 2 aromatic heterocycles. The van der Waals surface area contributed by atoms with E-state index in [-0.39, 0.29) is 35.5 Å². The van der Waals surface area contributed by atoms with E-state index in [1.54, 1.807) is 25.1 Å². The molecule has 5 N–H and O–H groups in total. The van der Waals surface area contributed by atoms with Crippen LogP contribution in [0.25, 0.3) is 11.0 Å². The first-order chi connectivity index (χ1) is 15.6. The largest absolute Gasteiger partial charge is 0.481 e. The molecule has 0 aliphatic carbocycles. The predicted molar refractivity (Wildman–Crippen MR) is 121 cm³/mol. The first-order valence-corrected chi connectivity index (χ1v) is 11.4. The van der Waals surface area contributed by atoms with Gasteiger partial charge in [0.15, 0.2) is 0 Å². The number of nitrogens with zero attached hydrogens (tertiary/aromatic N) is 3. The quantitative estimate of drug-likeness (QED) is 0.207. The Morgan fingerprint density at radius 2 is 1.79 bits per heavy atom. The van der Waals surface area contributed by atoms with E-state index >= 15 is 0 Å². The van der Waals surface area contributed by atoms with E-state index in [9.17, 15) is 18.0 Å². The number of carboxylic acid groups (broad SMARTS) is 1. The number of aromatic nitrogens is 3. The van der Waals surface area contributed by atoms with Crippen LogP contribution in [-0.2, 0) is 21.3 Å². The maximum Gasteiger partial charge on any atom is 0.340 e. The molecule has 0 fully saturated rings. The zero-order valence-electron chi connectivity index (χ0n) is 17.7. The van der Waals surface area contributed by atoms with Gasteiger partial charge in [0.25, 0.3) is 10.1 Å². The molecule has 0 radical (unpaired) electrons. The fourth-order valence-corrected chi connectivity index (χ4v) is 3.36. The molecule has 0 atom stereocenters. The van der Waals surface area contributed by atoms with Crippen LogP contribution < -0.4 is 21.6 Å². The Morgan fingerprint density at radius 1 is 1.12 bits per heavy atom. The van der Waals surface area contributed by atoms with Gasteiger partial charge in [0.05, 0.1) is 17.7 Å². The fourth-order valence-electron chi connectivity index (χ4n) is 3.00. The molecule has 1 aromatic carbocycles. The summed E-state index contributed by atoms with van der Waals surface area (Å²) in [7, 11) is -4.14. The van der Waals surface area contributed by atoms with Gasteiger partial charge in [0, 0.05) is 30.2 Å². The maximum atomic E-state index is 12.2. The molecule has 0 aliphatic heterocycles. The average Bonchev–Trinajstić information content (AvgIpc) is 2.70. The SMILES string of the molecule is CCNc1nc(NCCS(=O)(=O)O)nc(Nc2ccc3c(C)c(CC(=O)O)c(=O)oc3c2)n1. The topological polar surface area (TPSA) is 197 Å². The average molecular weight is 478 g/mol. The van der Waals surface area contributed by atoms with Crippen LogP contribution >= 0.6 is 0 Å². The Bertz CT molecular complexity index is 1360. The van der Waals surface area contributed by atoms with E-state index in [0.717, 1.165) is 0 Å². The van der Waals surface area contributed by atoms with Crippen LogP contribution in [0.1, 0.15) is 18.1 Å². The van der Waals surface area contributed by atoms with Crippen molar-refractivity contribution in [1.29, 1.82) is 0 Å². The predicted octanol–water partition coefficient (Wildman–Crippen LogP) is 1.39. The number of anilines is 4. The fraction of sp³-hybridized carbons (Fsp3) is 0.316. The Morgan fingerprint density at radius 3 is 2.42 bits per heavy atom. The van der Waals surface area contributed by atoms with Gasteiger partial charge in [-0.2, -0.15) is 23.4 Å². The Hall–Kier alpha value is -3.78. The summed E-state index contributed by atoms with van der Waals surface area (Å²) in [5.41, 5.74) is 0.622. The van der Waals surface area contributed by atoms with Gasteiger partial charge in [0.2, 0.25) is 17.8 Å². The summed E-state index contributed by atoms with van der Waals surface area (Å²) in [4.78, 5) is 35.8. The number of hydrogen-bond donors (Lipinski definition) is 5. The zero-order valence-corrected chi connectivity index (χ0v) is 18.6. The first kappa shape index (κ1) is 23.9. The highest BCUT2D eigenvalue weighted by molar-refractivity contribution is 7.85. The molecule has 3 aromatic rings. The van der Waals surface area contributed by atoms with E-state index in [0.29, 0.717) is 23.2 Å². The molecule has 0 aliphatic rings. The molecule has 0 unspecified atom stereocenters. The normalized spacial score (nSPS) is 11.4. The van der Waals surface area contributed by atoms with Crippen molar-refractivity contribution < 1.29 is 27.3 Å². The Balaban J connectivity index is 1.90. The lowest BCUT2D eigenvalue weighted by atomic mass is 10.0. The zero-order chi connectivity index (χ0) is 24.2. The number of hydrogen-bond acceptors (Lipinski definition) is 11. The van der Waals surface area contributed by atoms with E-state index in [1.165, 1.54) is 0 Å². The molecular weight excluding hydrogens is 456 g/mol. The first-order valence-electron chi connectivity index (χ1n) is 9.80. The van der Waals surface area contributed by atoms with Crippen molar-refractivity contribution in [2.45, 2.75) is 20.3 Å². The molecular formula is C19H22N6O7S. The summed E-state index contributed by atoms with van der Waals surface area (Å²) in [6, 6.07) is 4.91. The number of benzene rings is 1. The molecule has 0 amide bonds. The number of carboxylic acids is 1. The minimum absolute atomic E-state index is 0.0774. The van der Waals surface area contributed by atoms with Crippen molar-refractivity contribution in [3.63, 3.8) is 0 Å². The minimum atomic E-state index is -4.14. The molecule has 0 saturated heterocycles. The maximum absolute atomic E-state index is 12.2. The Kier molecular flexibility index (Phi) is 7.08. The number of rotatable bonds is 10. The second kappa shape index (κ2) is 9.79. The molecule has 0 bridgehead atoms. The number of nitrogens with one attached hydrogen (secondary N) is 3. The third kappa shape index (κ3) is 6.36. The summed E-state index contributed by atoms with van der Waals surface area (Å²) in [6.07, 6.45) is -0.435. The summed E-state index contributed by atoms with van der Waals surface area (Å²) >= 11 is 0. The molecule has 33 heavy (non-hydrogen) atoms. The van der Waals surface area contributed by atoms with Crippen molar-refractivity contribution in [1.82, 2.24) is 15.0 Å². The van der Waals surface area contributed by atoms with Crippen LogP contribution in [0.3, 0.4) is 0 Å². The van der Waals surface area contributed by atoms with Gasteiger partial charge >= 0.3 is 11.6 Å². The van der Waals surface area contributed by atoms with Gasteiger partial charge in [-0.15, -0.1) is 0 Å². The van der Waals surface area contributed by atoms with Crippen LogP contribution in [0.4, 0.5) is 23.5 Å². The summed E-state index contributed by atoms with van der Waals surface area (Å²) in [6.45, 7) is 3.90.